The van der Waals surface area contributed by atoms with Crippen LogP contribution in [-0.2, 0) is 11.3 Å². The van der Waals surface area contributed by atoms with Gasteiger partial charge in [-0.15, -0.1) is 0 Å². The second-order valence-corrected chi connectivity index (χ2v) is 5.44. The number of benzene rings is 1. The zero-order valence-electron chi connectivity index (χ0n) is 11.3. The lowest BCUT2D eigenvalue weighted by molar-refractivity contribution is 0.0808. The molecule has 1 aromatic rings. The Morgan fingerprint density at radius 1 is 1.37 bits per heavy atom. The van der Waals surface area contributed by atoms with Crippen molar-refractivity contribution in [2.45, 2.75) is 38.0 Å². The van der Waals surface area contributed by atoms with E-state index in [0.29, 0.717) is 24.4 Å². The molecule has 1 aromatic carbocycles. The molecular formula is C15H21NO3. The van der Waals surface area contributed by atoms with Crippen LogP contribution in [0.25, 0.3) is 0 Å². The molecule has 2 fully saturated rings. The predicted molar refractivity (Wildman–Crippen MR) is 72.4 cm³/mol. The number of aromatic hydroxyl groups is 1. The summed E-state index contributed by atoms with van der Waals surface area (Å²) in [5.74, 6) is 1.72. The second-order valence-electron chi connectivity index (χ2n) is 5.44. The normalized spacial score (nSPS) is 26.6. The molecule has 1 aliphatic heterocycles. The predicted octanol–water partition coefficient (Wildman–Crippen LogP) is 2.06. The number of hydrogen-bond acceptors (Lipinski definition) is 4. The van der Waals surface area contributed by atoms with Crippen LogP contribution in [0.15, 0.2) is 18.2 Å². The maximum Gasteiger partial charge on any atom is 0.123 e. The van der Waals surface area contributed by atoms with Crippen molar-refractivity contribution < 1.29 is 14.6 Å². The van der Waals surface area contributed by atoms with Crippen LogP contribution in [-0.4, -0.2) is 31.0 Å². The first kappa shape index (κ1) is 12.8. The van der Waals surface area contributed by atoms with Crippen molar-refractivity contribution in [3.8, 4) is 11.5 Å². The molecule has 1 aliphatic carbocycles. The van der Waals surface area contributed by atoms with E-state index in [1.807, 2.05) is 12.1 Å². The van der Waals surface area contributed by atoms with Crippen LogP contribution in [0, 0.1) is 5.92 Å². The molecule has 2 aliphatic rings. The molecule has 3 rings (SSSR count). The molecule has 19 heavy (non-hydrogen) atoms. The molecular weight excluding hydrogens is 242 g/mol. The Bertz CT molecular complexity index is 445. The second kappa shape index (κ2) is 5.39. The van der Waals surface area contributed by atoms with Gasteiger partial charge in [-0.05, 0) is 31.2 Å². The fourth-order valence-corrected chi connectivity index (χ4v) is 2.78. The van der Waals surface area contributed by atoms with Crippen molar-refractivity contribution in [1.29, 1.82) is 0 Å². The van der Waals surface area contributed by atoms with Gasteiger partial charge in [0.25, 0.3) is 0 Å². The maximum atomic E-state index is 9.93. The zero-order chi connectivity index (χ0) is 13.2. The van der Waals surface area contributed by atoms with E-state index in [4.69, 9.17) is 9.47 Å². The first-order valence-electron chi connectivity index (χ1n) is 6.99. The van der Waals surface area contributed by atoms with Crippen LogP contribution in [0.5, 0.6) is 11.5 Å². The summed E-state index contributed by atoms with van der Waals surface area (Å²) in [6.07, 6.45) is 4.05. The average Bonchev–Trinajstić information content (AvgIpc) is 3.16. The number of methoxy groups -OCH3 is 1. The van der Waals surface area contributed by atoms with Crippen LogP contribution >= 0.6 is 0 Å². The van der Waals surface area contributed by atoms with Gasteiger partial charge in [0.2, 0.25) is 0 Å². The number of nitrogens with one attached hydrogen (secondary N) is 1. The summed E-state index contributed by atoms with van der Waals surface area (Å²) in [5, 5.41) is 13.5. The minimum absolute atomic E-state index is 0.286. The first-order valence-corrected chi connectivity index (χ1v) is 6.99. The summed E-state index contributed by atoms with van der Waals surface area (Å²) in [6.45, 7) is 1.53. The molecule has 0 amide bonds. The number of ether oxygens (including phenoxy) is 2. The molecule has 2 atom stereocenters. The van der Waals surface area contributed by atoms with Crippen molar-refractivity contribution in [3.63, 3.8) is 0 Å². The summed E-state index contributed by atoms with van der Waals surface area (Å²) in [7, 11) is 1.60. The fourth-order valence-electron chi connectivity index (χ4n) is 2.78. The summed E-state index contributed by atoms with van der Waals surface area (Å²) in [5.41, 5.74) is 0.905. The lowest BCUT2D eigenvalue weighted by atomic mass is 10.1. The highest BCUT2D eigenvalue weighted by atomic mass is 16.5. The Morgan fingerprint density at radius 2 is 2.21 bits per heavy atom. The van der Waals surface area contributed by atoms with E-state index in [1.165, 1.54) is 12.8 Å². The topological polar surface area (TPSA) is 50.7 Å². The number of phenols is 1. The van der Waals surface area contributed by atoms with Gasteiger partial charge in [0.1, 0.15) is 11.5 Å². The van der Waals surface area contributed by atoms with Crippen molar-refractivity contribution in [2.75, 3.05) is 13.7 Å². The van der Waals surface area contributed by atoms with Crippen molar-refractivity contribution >= 4 is 0 Å². The van der Waals surface area contributed by atoms with Gasteiger partial charge in [-0.25, -0.2) is 0 Å². The molecule has 0 bridgehead atoms. The Morgan fingerprint density at radius 3 is 2.89 bits per heavy atom. The highest BCUT2D eigenvalue weighted by Gasteiger charge is 2.40. The summed E-state index contributed by atoms with van der Waals surface area (Å²) in [4.78, 5) is 0. The van der Waals surface area contributed by atoms with Gasteiger partial charge < -0.3 is 19.9 Å². The van der Waals surface area contributed by atoms with Crippen molar-refractivity contribution in [2.24, 2.45) is 5.92 Å². The van der Waals surface area contributed by atoms with Gasteiger partial charge in [0.15, 0.2) is 0 Å². The molecule has 0 spiro atoms. The fraction of sp³-hybridized carbons (Fsp3) is 0.600. The van der Waals surface area contributed by atoms with E-state index >= 15 is 0 Å². The minimum Gasteiger partial charge on any atom is -0.507 e. The third-order valence-corrected chi connectivity index (χ3v) is 4.07. The Labute approximate surface area is 113 Å². The smallest absolute Gasteiger partial charge is 0.123 e. The summed E-state index contributed by atoms with van der Waals surface area (Å²) >= 11 is 0. The summed E-state index contributed by atoms with van der Waals surface area (Å²) < 4.78 is 10.9. The highest BCUT2D eigenvalue weighted by Crippen LogP contribution is 2.38. The quantitative estimate of drug-likeness (QED) is 0.853. The SMILES string of the molecule is COc1ccc(CNC2CCOC2C2CC2)c(O)c1. The lowest BCUT2D eigenvalue weighted by Gasteiger charge is -2.20. The van der Waals surface area contributed by atoms with Gasteiger partial charge in [-0.2, -0.15) is 0 Å². The van der Waals surface area contributed by atoms with E-state index in [2.05, 4.69) is 5.32 Å². The number of hydrogen-bond donors (Lipinski definition) is 2. The van der Waals surface area contributed by atoms with E-state index in [0.717, 1.165) is 24.5 Å². The van der Waals surface area contributed by atoms with Crippen molar-refractivity contribution in [1.82, 2.24) is 5.32 Å². The molecule has 1 saturated carbocycles. The monoisotopic (exact) mass is 263 g/mol. The lowest BCUT2D eigenvalue weighted by Crippen LogP contribution is -2.37. The van der Waals surface area contributed by atoms with E-state index in [9.17, 15) is 5.11 Å². The maximum absolute atomic E-state index is 9.93. The van der Waals surface area contributed by atoms with Gasteiger partial charge >= 0.3 is 0 Å². The molecule has 1 heterocycles. The van der Waals surface area contributed by atoms with Gasteiger partial charge in [0.05, 0.1) is 13.2 Å². The Kier molecular flexibility index (Phi) is 3.62. The molecule has 4 nitrogen and oxygen atoms in total. The van der Waals surface area contributed by atoms with Crippen LogP contribution < -0.4 is 10.1 Å². The Balaban J connectivity index is 1.59. The average molecular weight is 263 g/mol. The molecule has 2 N–H and O–H groups in total. The molecule has 1 saturated heterocycles. The molecule has 104 valence electrons. The third kappa shape index (κ3) is 2.85. The third-order valence-electron chi connectivity index (χ3n) is 4.07. The number of phenolic OH excluding ortho intramolecular Hbond substituents is 1. The number of rotatable bonds is 5. The molecule has 2 unspecified atom stereocenters. The molecule has 0 radical (unpaired) electrons. The van der Waals surface area contributed by atoms with Gasteiger partial charge in [-0.1, -0.05) is 6.07 Å². The molecule has 4 heteroatoms. The van der Waals surface area contributed by atoms with Crippen LogP contribution in [0.4, 0.5) is 0 Å². The molecule has 0 aromatic heterocycles. The largest absolute Gasteiger partial charge is 0.507 e. The highest BCUT2D eigenvalue weighted by molar-refractivity contribution is 5.39. The zero-order valence-corrected chi connectivity index (χ0v) is 11.3. The van der Waals surface area contributed by atoms with E-state index in [-0.39, 0.29) is 5.75 Å². The van der Waals surface area contributed by atoms with E-state index in [1.54, 1.807) is 13.2 Å². The van der Waals surface area contributed by atoms with Gasteiger partial charge in [0, 0.05) is 30.8 Å². The Hall–Kier alpha value is -1.26. The summed E-state index contributed by atoms with van der Waals surface area (Å²) in [6, 6.07) is 5.86. The standard InChI is InChI=1S/C15H21NO3/c1-18-12-5-4-11(14(17)8-12)9-16-13-6-7-19-15(13)10-2-3-10/h4-5,8,10,13,15-17H,2-3,6-7,9H2,1H3. The van der Waals surface area contributed by atoms with Crippen molar-refractivity contribution in [3.05, 3.63) is 23.8 Å². The van der Waals surface area contributed by atoms with Crippen LogP contribution in [0.3, 0.4) is 0 Å². The first-order chi connectivity index (χ1) is 9.28. The van der Waals surface area contributed by atoms with Crippen LogP contribution in [0.2, 0.25) is 0 Å². The minimum atomic E-state index is 0.286. The van der Waals surface area contributed by atoms with Gasteiger partial charge in [-0.3, -0.25) is 0 Å². The van der Waals surface area contributed by atoms with E-state index < -0.39 is 0 Å². The van der Waals surface area contributed by atoms with Crippen LogP contribution in [0.1, 0.15) is 24.8 Å².